The maximum absolute atomic E-state index is 3.92. The van der Waals surface area contributed by atoms with Crippen LogP contribution in [0.25, 0.3) is 0 Å². The number of fused-ring (bicyclic) bond motifs is 2. The third kappa shape index (κ3) is 1.43. The molecular weight excluding hydrogens is 198 g/mol. The molecule has 0 N–H and O–H groups in total. The van der Waals surface area contributed by atoms with Gasteiger partial charge in [-0.15, -0.1) is 0 Å². The summed E-state index contributed by atoms with van der Waals surface area (Å²) in [4.78, 5) is 8.92. The molecule has 3 heteroatoms. The van der Waals surface area contributed by atoms with E-state index >= 15 is 0 Å². The Kier molecular flexibility index (Phi) is 2.21. The molecule has 2 aliphatic rings. The monoisotopic (exact) mass is 215 g/mol. The zero-order valence-corrected chi connectivity index (χ0v) is 9.63. The van der Waals surface area contributed by atoms with Crippen molar-refractivity contribution < 1.29 is 0 Å². The summed E-state index contributed by atoms with van der Waals surface area (Å²) in [6.45, 7) is 5.91. The quantitative estimate of drug-likeness (QED) is 0.702. The summed E-state index contributed by atoms with van der Waals surface area (Å²) in [6, 6.07) is 9.85. The fraction of sp³-hybridized carbons (Fsp3) is 0.462. The average molecular weight is 215 g/mol. The van der Waals surface area contributed by atoms with Crippen LogP contribution in [-0.2, 0) is 0 Å². The molecule has 84 valence electrons. The van der Waals surface area contributed by atoms with Gasteiger partial charge in [0.2, 0.25) is 0 Å². The second-order valence-corrected chi connectivity index (χ2v) is 4.81. The minimum atomic E-state index is 0.706. The van der Waals surface area contributed by atoms with E-state index in [1.165, 1.54) is 25.2 Å². The number of rotatable bonds is 2. The number of hydrogen-bond donors (Lipinski definition) is 0. The van der Waals surface area contributed by atoms with Gasteiger partial charge in [0.25, 0.3) is 0 Å². The van der Waals surface area contributed by atoms with Crippen molar-refractivity contribution in [3.63, 3.8) is 0 Å². The topological polar surface area (TPSA) is 18.8 Å². The Bertz CT molecular complexity index is 396. The molecule has 0 spiro atoms. The Morgan fingerprint density at radius 2 is 1.94 bits per heavy atom. The third-order valence-electron chi connectivity index (χ3n) is 3.88. The molecule has 3 rings (SSSR count). The van der Waals surface area contributed by atoms with Gasteiger partial charge in [0.15, 0.2) is 0 Å². The summed E-state index contributed by atoms with van der Waals surface area (Å²) >= 11 is 0. The van der Waals surface area contributed by atoms with Crippen molar-refractivity contribution in [1.29, 1.82) is 0 Å². The molecule has 2 saturated heterocycles. The van der Waals surface area contributed by atoms with E-state index in [0.717, 1.165) is 11.7 Å². The summed E-state index contributed by atoms with van der Waals surface area (Å²) in [5.41, 5.74) is 2.28. The highest BCUT2D eigenvalue weighted by molar-refractivity contribution is 5.56. The first kappa shape index (κ1) is 9.85. The predicted octanol–water partition coefficient (Wildman–Crippen LogP) is 1.91. The minimum Gasteiger partial charge on any atom is -0.366 e. The van der Waals surface area contributed by atoms with Crippen LogP contribution in [0, 0.1) is 0 Å². The highest BCUT2D eigenvalue weighted by atomic mass is 15.3. The fourth-order valence-electron chi connectivity index (χ4n) is 2.93. The van der Waals surface area contributed by atoms with E-state index in [2.05, 4.69) is 40.7 Å². The van der Waals surface area contributed by atoms with Crippen LogP contribution in [0.2, 0.25) is 0 Å². The normalized spacial score (nSPS) is 28.7. The molecule has 2 fully saturated rings. The SMILES string of the molecule is C=Nc1ccc(N2CC3CC2CN3C)cc1. The highest BCUT2D eigenvalue weighted by Gasteiger charge is 2.41. The minimum absolute atomic E-state index is 0.706. The molecule has 1 aromatic carbocycles. The molecule has 0 amide bonds. The standard InChI is InChI=1S/C13H17N3/c1-14-10-3-5-11(6-4-10)16-9-12-7-13(16)8-15(12)2/h3-6,12-13H,1,7-9H2,2H3. The summed E-state index contributed by atoms with van der Waals surface area (Å²) in [5, 5.41) is 0. The molecule has 2 bridgehead atoms. The molecule has 0 radical (unpaired) electrons. The summed E-state index contributed by atoms with van der Waals surface area (Å²) in [6.07, 6.45) is 1.32. The number of hydrogen-bond acceptors (Lipinski definition) is 3. The zero-order valence-electron chi connectivity index (χ0n) is 9.63. The lowest BCUT2D eigenvalue weighted by Crippen LogP contribution is -2.44. The van der Waals surface area contributed by atoms with Crippen LogP contribution in [-0.4, -0.2) is 43.8 Å². The number of anilines is 1. The molecule has 2 unspecified atom stereocenters. The molecule has 2 heterocycles. The van der Waals surface area contributed by atoms with Crippen LogP contribution in [0.15, 0.2) is 29.3 Å². The molecule has 1 aromatic rings. The molecule has 2 aliphatic heterocycles. The maximum atomic E-state index is 3.92. The van der Waals surface area contributed by atoms with Gasteiger partial charge in [0, 0.05) is 30.9 Å². The molecule has 0 aromatic heterocycles. The van der Waals surface area contributed by atoms with E-state index in [-0.39, 0.29) is 0 Å². The van der Waals surface area contributed by atoms with Crippen molar-refractivity contribution in [2.24, 2.45) is 4.99 Å². The predicted molar refractivity (Wildman–Crippen MR) is 67.8 cm³/mol. The van der Waals surface area contributed by atoms with Crippen LogP contribution in [0.1, 0.15) is 6.42 Å². The Labute approximate surface area is 96.4 Å². The number of nitrogens with zero attached hydrogens (tertiary/aromatic N) is 3. The van der Waals surface area contributed by atoms with Gasteiger partial charge in [-0.3, -0.25) is 9.89 Å². The van der Waals surface area contributed by atoms with Crippen LogP contribution in [0.4, 0.5) is 11.4 Å². The van der Waals surface area contributed by atoms with E-state index in [0.29, 0.717) is 6.04 Å². The Morgan fingerprint density at radius 3 is 2.44 bits per heavy atom. The molecule has 3 nitrogen and oxygen atoms in total. The largest absolute Gasteiger partial charge is 0.366 e. The zero-order chi connectivity index (χ0) is 11.1. The van der Waals surface area contributed by atoms with Gasteiger partial charge < -0.3 is 4.90 Å². The van der Waals surface area contributed by atoms with Crippen LogP contribution < -0.4 is 4.90 Å². The van der Waals surface area contributed by atoms with Gasteiger partial charge >= 0.3 is 0 Å². The molecular formula is C13H17N3. The van der Waals surface area contributed by atoms with Crippen LogP contribution >= 0.6 is 0 Å². The van der Waals surface area contributed by atoms with Gasteiger partial charge in [0.1, 0.15) is 0 Å². The lowest BCUT2D eigenvalue weighted by Gasteiger charge is -2.33. The van der Waals surface area contributed by atoms with E-state index < -0.39 is 0 Å². The van der Waals surface area contributed by atoms with E-state index in [1.54, 1.807) is 0 Å². The summed E-state index contributed by atoms with van der Waals surface area (Å²) < 4.78 is 0. The van der Waals surface area contributed by atoms with Gasteiger partial charge in [0.05, 0.1) is 5.69 Å². The van der Waals surface area contributed by atoms with E-state index in [1.807, 2.05) is 12.1 Å². The van der Waals surface area contributed by atoms with Crippen molar-refractivity contribution in [3.8, 4) is 0 Å². The van der Waals surface area contributed by atoms with E-state index in [9.17, 15) is 0 Å². The second-order valence-electron chi connectivity index (χ2n) is 4.81. The van der Waals surface area contributed by atoms with Gasteiger partial charge in [-0.2, -0.15) is 0 Å². The molecule has 2 atom stereocenters. The number of aliphatic imine (C=N–C) groups is 1. The van der Waals surface area contributed by atoms with E-state index in [4.69, 9.17) is 0 Å². The third-order valence-corrected chi connectivity index (χ3v) is 3.88. The number of likely N-dealkylation sites (tertiary alicyclic amines) is 1. The Hall–Kier alpha value is -1.35. The van der Waals surface area contributed by atoms with Crippen LogP contribution in [0.5, 0.6) is 0 Å². The van der Waals surface area contributed by atoms with Crippen molar-refractivity contribution in [3.05, 3.63) is 24.3 Å². The fourth-order valence-corrected chi connectivity index (χ4v) is 2.93. The number of likely N-dealkylation sites (N-methyl/N-ethyl adjacent to an activating group) is 1. The molecule has 0 aliphatic carbocycles. The molecule has 16 heavy (non-hydrogen) atoms. The first-order valence-corrected chi connectivity index (χ1v) is 5.81. The maximum Gasteiger partial charge on any atom is 0.0623 e. The van der Waals surface area contributed by atoms with Crippen molar-refractivity contribution in [1.82, 2.24) is 4.90 Å². The lowest BCUT2D eigenvalue weighted by atomic mass is 10.2. The van der Waals surface area contributed by atoms with Gasteiger partial charge in [-0.25, -0.2) is 0 Å². The Balaban J connectivity index is 1.81. The number of piperazine rings is 1. The second kappa shape index (κ2) is 3.59. The van der Waals surface area contributed by atoms with Gasteiger partial charge in [-0.05, 0) is 44.5 Å². The average Bonchev–Trinajstić information content (AvgIpc) is 2.88. The highest BCUT2D eigenvalue weighted by Crippen LogP contribution is 2.34. The Morgan fingerprint density at radius 1 is 1.19 bits per heavy atom. The molecule has 0 saturated carbocycles. The van der Waals surface area contributed by atoms with Crippen molar-refractivity contribution >= 4 is 18.1 Å². The smallest absolute Gasteiger partial charge is 0.0623 e. The van der Waals surface area contributed by atoms with Crippen molar-refractivity contribution in [2.75, 3.05) is 25.0 Å². The summed E-state index contributed by atoms with van der Waals surface area (Å²) in [7, 11) is 2.23. The lowest BCUT2D eigenvalue weighted by molar-refractivity contribution is 0.292. The van der Waals surface area contributed by atoms with Crippen LogP contribution in [0.3, 0.4) is 0 Å². The van der Waals surface area contributed by atoms with Crippen molar-refractivity contribution in [2.45, 2.75) is 18.5 Å². The number of benzene rings is 1. The first-order chi connectivity index (χ1) is 7.78. The first-order valence-electron chi connectivity index (χ1n) is 5.81. The summed E-state index contributed by atoms with van der Waals surface area (Å²) in [5.74, 6) is 0. The van der Waals surface area contributed by atoms with Gasteiger partial charge in [-0.1, -0.05) is 0 Å².